The second-order valence-corrected chi connectivity index (χ2v) is 8.38. The van der Waals surface area contributed by atoms with Crippen LogP contribution in [0.15, 0.2) is 0 Å². The molecule has 0 fully saturated rings. The highest BCUT2D eigenvalue weighted by atomic mass is 16.4. The Morgan fingerprint density at radius 1 is 0.722 bits per heavy atom. The SMILES string of the molecule is CCC(C)C(NC(=O)C(CCC(N)=O)NC(=O)C(N)CCC(=O)O)C(=O)NC(CCC(N)=O)C(=O)O. The van der Waals surface area contributed by atoms with Crippen LogP contribution in [0.2, 0.25) is 0 Å². The van der Waals surface area contributed by atoms with Crippen LogP contribution in [0.4, 0.5) is 0 Å². The van der Waals surface area contributed by atoms with E-state index in [4.69, 9.17) is 22.3 Å². The Balaban J connectivity index is 5.61. The van der Waals surface area contributed by atoms with Crippen molar-refractivity contribution < 1.29 is 43.8 Å². The average molecular weight is 517 g/mol. The maximum atomic E-state index is 13.0. The van der Waals surface area contributed by atoms with Gasteiger partial charge < -0.3 is 43.4 Å². The van der Waals surface area contributed by atoms with E-state index in [9.17, 15) is 38.7 Å². The minimum absolute atomic E-state index is 0.203. The number of amides is 5. The fraction of sp³-hybridized carbons (Fsp3) is 0.667. The van der Waals surface area contributed by atoms with E-state index >= 15 is 0 Å². The monoisotopic (exact) mass is 516 g/mol. The molecule has 204 valence electrons. The molecule has 0 radical (unpaired) electrons. The van der Waals surface area contributed by atoms with Crippen molar-refractivity contribution in [1.29, 1.82) is 0 Å². The number of nitrogens with one attached hydrogen (secondary N) is 3. The van der Waals surface area contributed by atoms with Gasteiger partial charge in [-0.25, -0.2) is 4.79 Å². The highest BCUT2D eigenvalue weighted by molar-refractivity contribution is 5.94. The number of rotatable bonds is 18. The maximum absolute atomic E-state index is 13.0. The van der Waals surface area contributed by atoms with Crippen LogP contribution in [0.25, 0.3) is 0 Å². The first-order valence-electron chi connectivity index (χ1n) is 11.4. The lowest BCUT2D eigenvalue weighted by atomic mass is 9.96. The zero-order valence-corrected chi connectivity index (χ0v) is 20.3. The van der Waals surface area contributed by atoms with Gasteiger partial charge in [-0.1, -0.05) is 20.3 Å². The molecule has 5 amide bonds. The first-order valence-corrected chi connectivity index (χ1v) is 11.4. The van der Waals surface area contributed by atoms with Crippen LogP contribution in [0.3, 0.4) is 0 Å². The molecule has 5 unspecified atom stereocenters. The normalized spacial score (nSPS) is 14.9. The molecule has 0 rings (SSSR count). The second-order valence-electron chi connectivity index (χ2n) is 8.38. The number of nitrogens with two attached hydrogens (primary N) is 3. The van der Waals surface area contributed by atoms with Gasteiger partial charge in [-0.05, 0) is 25.2 Å². The van der Waals surface area contributed by atoms with E-state index in [1.807, 2.05) is 0 Å². The molecule has 0 aliphatic heterocycles. The molecule has 15 nitrogen and oxygen atoms in total. The standard InChI is InChI=1S/C21H36N6O9/c1-3-10(2)17(20(34)26-13(21(35)36)6-8-15(24)29)27-19(33)12(5-7-14(23)28)25-18(32)11(22)4-9-16(30)31/h10-13,17H,3-9,22H2,1-2H3,(H2,23,28)(H2,24,29)(H,25,32)(H,26,34)(H,27,33)(H,30,31)(H,35,36). The lowest BCUT2D eigenvalue weighted by Gasteiger charge is -2.28. The third kappa shape index (κ3) is 12.6. The van der Waals surface area contributed by atoms with Crippen LogP contribution in [0.1, 0.15) is 58.8 Å². The largest absolute Gasteiger partial charge is 0.481 e. The van der Waals surface area contributed by atoms with Gasteiger partial charge in [0.15, 0.2) is 0 Å². The zero-order chi connectivity index (χ0) is 28.0. The Labute approximate surface area is 207 Å². The molecule has 0 aromatic rings. The van der Waals surface area contributed by atoms with Crippen molar-refractivity contribution in [3.05, 3.63) is 0 Å². The summed E-state index contributed by atoms with van der Waals surface area (Å²) in [5, 5.41) is 25.1. The summed E-state index contributed by atoms with van der Waals surface area (Å²) in [5.74, 6) is -7.11. The number of primary amides is 2. The van der Waals surface area contributed by atoms with Crippen LogP contribution in [-0.4, -0.2) is 75.9 Å². The van der Waals surface area contributed by atoms with Gasteiger partial charge >= 0.3 is 11.9 Å². The number of carbonyl (C=O) groups excluding carboxylic acids is 5. The van der Waals surface area contributed by atoms with E-state index in [-0.39, 0.29) is 38.5 Å². The first-order chi connectivity index (χ1) is 16.7. The summed E-state index contributed by atoms with van der Waals surface area (Å²) in [7, 11) is 0. The van der Waals surface area contributed by atoms with Gasteiger partial charge in [0, 0.05) is 19.3 Å². The number of carboxylic acids is 2. The molecule has 0 heterocycles. The first kappa shape index (κ1) is 32.2. The van der Waals surface area contributed by atoms with Crippen LogP contribution >= 0.6 is 0 Å². The quantitative estimate of drug-likeness (QED) is 0.0932. The van der Waals surface area contributed by atoms with Crippen LogP contribution in [0.5, 0.6) is 0 Å². The third-order valence-electron chi connectivity index (χ3n) is 5.41. The maximum Gasteiger partial charge on any atom is 0.326 e. The molecule has 0 bridgehead atoms. The van der Waals surface area contributed by atoms with Crippen LogP contribution < -0.4 is 33.2 Å². The molecular weight excluding hydrogens is 480 g/mol. The van der Waals surface area contributed by atoms with Gasteiger partial charge in [0.2, 0.25) is 29.5 Å². The predicted octanol–water partition coefficient (Wildman–Crippen LogP) is -2.71. The lowest BCUT2D eigenvalue weighted by Crippen LogP contribution is -2.58. The fourth-order valence-corrected chi connectivity index (χ4v) is 3.01. The zero-order valence-electron chi connectivity index (χ0n) is 20.3. The number of aliphatic carboxylic acids is 2. The highest BCUT2D eigenvalue weighted by Crippen LogP contribution is 2.11. The smallest absolute Gasteiger partial charge is 0.326 e. The van der Waals surface area contributed by atoms with E-state index in [0.717, 1.165) is 0 Å². The van der Waals surface area contributed by atoms with E-state index in [2.05, 4.69) is 16.0 Å². The van der Waals surface area contributed by atoms with Gasteiger partial charge in [0.05, 0.1) is 6.04 Å². The van der Waals surface area contributed by atoms with Crippen LogP contribution in [0, 0.1) is 5.92 Å². The average Bonchev–Trinajstić information content (AvgIpc) is 2.79. The van der Waals surface area contributed by atoms with E-state index in [0.29, 0.717) is 6.42 Å². The summed E-state index contributed by atoms with van der Waals surface area (Å²) in [6, 6.07) is -5.26. The molecule has 0 saturated heterocycles. The van der Waals surface area contributed by atoms with Crippen molar-refractivity contribution in [2.24, 2.45) is 23.1 Å². The Morgan fingerprint density at radius 3 is 1.67 bits per heavy atom. The molecule has 5 atom stereocenters. The highest BCUT2D eigenvalue weighted by Gasteiger charge is 2.33. The molecule has 0 saturated carbocycles. The molecule has 0 aliphatic rings. The van der Waals surface area contributed by atoms with Gasteiger partial charge in [0.25, 0.3) is 0 Å². The number of carboxylic acid groups (broad SMARTS) is 2. The minimum atomic E-state index is -1.44. The van der Waals surface area contributed by atoms with Crippen molar-refractivity contribution in [3.8, 4) is 0 Å². The van der Waals surface area contributed by atoms with Gasteiger partial charge in [-0.3, -0.25) is 28.8 Å². The molecule has 0 spiro atoms. The predicted molar refractivity (Wildman–Crippen MR) is 125 cm³/mol. The molecule has 36 heavy (non-hydrogen) atoms. The summed E-state index contributed by atoms with van der Waals surface area (Å²) in [5.41, 5.74) is 15.8. The molecule has 0 aliphatic carbocycles. The molecule has 0 aromatic heterocycles. The van der Waals surface area contributed by atoms with E-state index in [1.54, 1.807) is 13.8 Å². The molecule has 11 N–H and O–H groups in total. The Morgan fingerprint density at radius 2 is 1.22 bits per heavy atom. The van der Waals surface area contributed by atoms with E-state index < -0.39 is 71.6 Å². The Bertz CT molecular complexity index is 835. The van der Waals surface area contributed by atoms with Crippen molar-refractivity contribution in [1.82, 2.24) is 16.0 Å². The summed E-state index contributed by atoms with van der Waals surface area (Å²) >= 11 is 0. The van der Waals surface area contributed by atoms with Crippen molar-refractivity contribution in [3.63, 3.8) is 0 Å². The van der Waals surface area contributed by atoms with E-state index in [1.165, 1.54) is 0 Å². The van der Waals surface area contributed by atoms with Crippen molar-refractivity contribution in [2.75, 3.05) is 0 Å². The van der Waals surface area contributed by atoms with Crippen molar-refractivity contribution in [2.45, 2.75) is 83.0 Å². The van der Waals surface area contributed by atoms with Crippen LogP contribution in [-0.2, 0) is 33.6 Å². The number of hydrogen-bond acceptors (Lipinski definition) is 8. The fourth-order valence-electron chi connectivity index (χ4n) is 3.01. The third-order valence-corrected chi connectivity index (χ3v) is 5.41. The second kappa shape index (κ2) is 16.0. The summed E-state index contributed by atoms with van der Waals surface area (Å²) in [6.45, 7) is 3.36. The number of hydrogen-bond donors (Lipinski definition) is 8. The van der Waals surface area contributed by atoms with Gasteiger partial charge in [-0.15, -0.1) is 0 Å². The summed E-state index contributed by atoms with van der Waals surface area (Å²) in [4.78, 5) is 82.6. The Kier molecular flexibility index (Phi) is 14.4. The Hall–Kier alpha value is -3.75. The topological polar surface area (TPSA) is 274 Å². The number of carbonyl (C=O) groups is 7. The molecule has 0 aromatic carbocycles. The molecule has 15 heteroatoms. The lowest BCUT2D eigenvalue weighted by molar-refractivity contribution is -0.143. The van der Waals surface area contributed by atoms with Gasteiger partial charge in [0.1, 0.15) is 18.1 Å². The van der Waals surface area contributed by atoms with Gasteiger partial charge in [-0.2, -0.15) is 0 Å². The summed E-state index contributed by atoms with van der Waals surface area (Å²) < 4.78 is 0. The molecular formula is C21H36N6O9. The summed E-state index contributed by atoms with van der Waals surface area (Å²) in [6.07, 6.45) is -1.27. The minimum Gasteiger partial charge on any atom is -0.481 e. The van der Waals surface area contributed by atoms with Crippen molar-refractivity contribution >= 4 is 41.5 Å².